The van der Waals surface area contributed by atoms with Crippen molar-refractivity contribution in [1.29, 1.82) is 0 Å². The molecule has 0 aromatic heterocycles. The third-order valence-corrected chi connectivity index (χ3v) is 2.90. The average Bonchev–Trinajstić information content (AvgIpc) is 2.72. The quantitative estimate of drug-likeness (QED) is 0.756. The van der Waals surface area contributed by atoms with E-state index in [0.717, 1.165) is 0 Å². The van der Waals surface area contributed by atoms with Crippen molar-refractivity contribution in [3.8, 4) is 0 Å². The molecule has 1 aromatic rings. The largest absolute Gasteiger partial charge is 0.374 e. The van der Waals surface area contributed by atoms with Crippen LogP contribution in [0, 0.1) is 5.92 Å². The molecule has 1 unspecified atom stereocenters. The molecule has 1 aliphatic heterocycles. The van der Waals surface area contributed by atoms with Crippen molar-refractivity contribution in [2.75, 3.05) is 18.2 Å². The number of nitrogens with zero attached hydrogens (tertiary/aromatic N) is 2. The number of amides is 1. The smallest absolute Gasteiger partial charge is 0.263 e. The van der Waals surface area contributed by atoms with E-state index >= 15 is 0 Å². The Morgan fingerprint density at radius 2 is 2.05 bits per heavy atom. The molecule has 2 rings (SSSR count). The van der Waals surface area contributed by atoms with Gasteiger partial charge in [0.1, 0.15) is 12.5 Å². The Kier molecular flexibility index (Phi) is 4.06. The number of ether oxygens (including phenoxy) is 1. The molecule has 0 spiro atoms. The maximum Gasteiger partial charge on any atom is 0.263 e. The summed E-state index contributed by atoms with van der Waals surface area (Å²) < 4.78 is 5.07. The number of benzene rings is 1. The molecule has 1 aromatic carbocycles. The summed E-state index contributed by atoms with van der Waals surface area (Å²) in [6.07, 6.45) is 0. The Hall–Kier alpha value is -2.01. The maximum atomic E-state index is 12.3. The lowest BCUT2D eigenvalue weighted by atomic mass is 9.99. The molecule has 0 fully saturated rings. The predicted molar refractivity (Wildman–Crippen MR) is 72.0 cm³/mol. The molecular formula is C14H16N2O3. The van der Waals surface area contributed by atoms with Crippen LogP contribution in [0.3, 0.4) is 0 Å². The van der Waals surface area contributed by atoms with Crippen molar-refractivity contribution in [3.63, 3.8) is 0 Å². The van der Waals surface area contributed by atoms with Crippen molar-refractivity contribution < 1.29 is 14.3 Å². The van der Waals surface area contributed by atoms with Gasteiger partial charge in [0.05, 0.1) is 11.4 Å². The number of para-hydroxylation sites is 1. The summed E-state index contributed by atoms with van der Waals surface area (Å²) in [5, 5.41) is 5.46. The first-order chi connectivity index (χ1) is 9.15. The predicted octanol–water partition coefficient (Wildman–Crippen LogP) is 1.63. The van der Waals surface area contributed by atoms with E-state index in [4.69, 9.17) is 4.74 Å². The number of rotatable bonds is 5. The second-order valence-electron chi connectivity index (χ2n) is 4.26. The zero-order valence-electron chi connectivity index (χ0n) is 11.0. The highest BCUT2D eigenvalue weighted by molar-refractivity contribution is 6.27. The van der Waals surface area contributed by atoms with Gasteiger partial charge in [-0.1, -0.05) is 18.2 Å². The Balaban J connectivity index is 2.17. The van der Waals surface area contributed by atoms with Crippen LogP contribution in [-0.4, -0.2) is 30.6 Å². The Bertz CT molecular complexity index is 511. The van der Waals surface area contributed by atoms with Crippen LogP contribution in [0.2, 0.25) is 0 Å². The molecule has 1 atom stereocenters. The van der Waals surface area contributed by atoms with Crippen LogP contribution in [0.1, 0.15) is 13.8 Å². The van der Waals surface area contributed by atoms with Gasteiger partial charge in [0.2, 0.25) is 0 Å². The average molecular weight is 260 g/mol. The number of ketones is 1. The standard InChI is InChI=1S/C14H16N2O3/c1-3-19-9-12(17)13-10(2)15-16(14(13)18)11-7-5-4-6-8-11/h4-8,13H,3,9H2,1-2H3. The summed E-state index contributed by atoms with van der Waals surface area (Å²) in [6, 6.07) is 9.07. The third kappa shape index (κ3) is 2.71. The highest BCUT2D eigenvalue weighted by Crippen LogP contribution is 2.24. The van der Waals surface area contributed by atoms with Gasteiger partial charge in [0.15, 0.2) is 5.78 Å². The number of carbonyl (C=O) groups is 2. The number of hydrogen-bond donors (Lipinski definition) is 0. The molecule has 0 radical (unpaired) electrons. The second kappa shape index (κ2) is 5.75. The minimum Gasteiger partial charge on any atom is -0.374 e. The molecule has 1 aliphatic rings. The molecule has 0 aliphatic carbocycles. The minimum atomic E-state index is -0.813. The normalized spacial score (nSPS) is 18.6. The van der Waals surface area contributed by atoms with Gasteiger partial charge in [0, 0.05) is 6.61 Å². The highest BCUT2D eigenvalue weighted by Gasteiger charge is 2.39. The summed E-state index contributed by atoms with van der Waals surface area (Å²) in [5.41, 5.74) is 1.18. The van der Waals surface area contributed by atoms with E-state index < -0.39 is 5.92 Å². The van der Waals surface area contributed by atoms with Gasteiger partial charge in [-0.25, -0.2) is 0 Å². The monoisotopic (exact) mass is 260 g/mol. The van der Waals surface area contributed by atoms with Crippen molar-refractivity contribution >= 4 is 23.1 Å². The highest BCUT2D eigenvalue weighted by atomic mass is 16.5. The summed E-state index contributed by atoms with van der Waals surface area (Å²) >= 11 is 0. The van der Waals surface area contributed by atoms with E-state index in [1.54, 1.807) is 26.0 Å². The first-order valence-electron chi connectivity index (χ1n) is 6.19. The van der Waals surface area contributed by atoms with E-state index in [2.05, 4.69) is 5.10 Å². The second-order valence-corrected chi connectivity index (χ2v) is 4.26. The third-order valence-electron chi connectivity index (χ3n) is 2.90. The zero-order valence-corrected chi connectivity index (χ0v) is 11.0. The summed E-state index contributed by atoms with van der Waals surface area (Å²) in [7, 11) is 0. The van der Waals surface area contributed by atoms with Crippen LogP contribution in [-0.2, 0) is 14.3 Å². The fraction of sp³-hybridized carbons (Fsp3) is 0.357. The molecule has 100 valence electrons. The first kappa shape index (κ1) is 13.4. The van der Waals surface area contributed by atoms with Gasteiger partial charge in [0.25, 0.3) is 5.91 Å². The molecular weight excluding hydrogens is 244 g/mol. The van der Waals surface area contributed by atoms with Crippen LogP contribution in [0.25, 0.3) is 0 Å². The number of carbonyl (C=O) groups excluding carboxylic acids is 2. The molecule has 5 nitrogen and oxygen atoms in total. The Morgan fingerprint density at radius 3 is 2.68 bits per heavy atom. The molecule has 0 saturated carbocycles. The fourth-order valence-electron chi connectivity index (χ4n) is 1.98. The molecule has 0 saturated heterocycles. The van der Waals surface area contributed by atoms with Crippen LogP contribution in [0.4, 0.5) is 5.69 Å². The van der Waals surface area contributed by atoms with E-state index in [0.29, 0.717) is 18.0 Å². The van der Waals surface area contributed by atoms with Gasteiger partial charge < -0.3 is 4.74 Å². The van der Waals surface area contributed by atoms with Crippen LogP contribution < -0.4 is 5.01 Å². The van der Waals surface area contributed by atoms with Gasteiger partial charge in [-0.2, -0.15) is 10.1 Å². The number of hydrogen-bond acceptors (Lipinski definition) is 4. The zero-order chi connectivity index (χ0) is 13.8. The summed E-state index contributed by atoms with van der Waals surface area (Å²) in [4.78, 5) is 24.2. The van der Waals surface area contributed by atoms with Crippen molar-refractivity contribution in [3.05, 3.63) is 30.3 Å². The van der Waals surface area contributed by atoms with E-state index in [-0.39, 0.29) is 18.3 Å². The fourth-order valence-corrected chi connectivity index (χ4v) is 1.98. The van der Waals surface area contributed by atoms with Crippen molar-refractivity contribution in [1.82, 2.24) is 0 Å². The van der Waals surface area contributed by atoms with E-state index in [1.807, 2.05) is 18.2 Å². The van der Waals surface area contributed by atoms with Crippen molar-refractivity contribution in [2.45, 2.75) is 13.8 Å². The Morgan fingerprint density at radius 1 is 1.37 bits per heavy atom. The van der Waals surface area contributed by atoms with Gasteiger partial charge >= 0.3 is 0 Å². The molecule has 0 bridgehead atoms. The van der Waals surface area contributed by atoms with Crippen molar-refractivity contribution in [2.24, 2.45) is 11.0 Å². The topological polar surface area (TPSA) is 59.0 Å². The Labute approximate surface area is 111 Å². The molecule has 5 heteroatoms. The lowest BCUT2D eigenvalue weighted by Gasteiger charge is -2.13. The van der Waals surface area contributed by atoms with Gasteiger partial charge in [-0.05, 0) is 26.0 Å². The maximum absolute atomic E-state index is 12.3. The summed E-state index contributed by atoms with van der Waals surface area (Å²) in [5.74, 6) is -1.37. The molecule has 1 amide bonds. The number of hydrazone groups is 1. The summed E-state index contributed by atoms with van der Waals surface area (Å²) in [6.45, 7) is 3.89. The van der Waals surface area contributed by atoms with E-state index in [9.17, 15) is 9.59 Å². The minimum absolute atomic E-state index is 0.0532. The lowest BCUT2D eigenvalue weighted by Crippen LogP contribution is -2.34. The first-order valence-corrected chi connectivity index (χ1v) is 6.19. The van der Waals surface area contributed by atoms with Crippen LogP contribution in [0.15, 0.2) is 35.4 Å². The van der Waals surface area contributed by atoms with Gasteiger partial charge in [-0.3, -0.25) is 9.59 Å². The number of Topliss-reactive ketones (excluding diaryl/α,β-unsaturated/α-hetero) is 1. The SMILES string of the molecule is CCOCC(=O)C1C(=O)N(c2ccccc2)N=C1C. The number of anilines is 1. The van der Waals surface area contributed by atoms with Crippen LogP contribution in [0.5, 0.6) is 0 Å². The van der Waals surface area contributed by atoms with Gasteiger partial charge in [-0.15, -0.1) is 0 Å². The molecule has 19 heavy (non-hydrogen) atoms. The molecule has 1 heterocycles. The molecule has 0 N–H and O–H groups in total. The van der Waals surface area contributed by atoms with E-state index in [1.165, 1.54) is 5.01 Å². The lowest BCUT2D eigenvalue weighted by molar-refractivity contribution is -0.131. The van der Waals surface area contributed by atoms with Crippen LogP contribution >= 0.6 is 0 Å².